The molecule has 0 atom stereocenters. The van der Waals surface area contributed by atoms with Crippen molar-refractivity contribution in [3.63, 3.8) is 0 Å². The molecule has 0 unspecified atom stereocenters. The number of β-amino-alcohol motifs (C(OH)–C–C–N with tert-alkyl or cyclic N) is 1. The number of methoxy groups -OCH3 is 1. The van der Waals surface area contributed by atoms with E-state index < -0.39 is 5.60 Å². The van der Waals surface area contributed by atoms with Gasteiger partial charge < -0.3 is 20.3 Å². The Bertz CT molecular complexity index is 404. The molecule has 0 aromatic heterocycles. The van der Waals surface area contributed by atoms with Crippen molar-refractivity contribution < 1.29 is 14.9 Å². The molecule has 1 aliphatic rings. The van der Waals surface area contributed by atoms with Crippen LogP contribution in [0.3, 0.4) is 0 Å². The predicted molar refractivity (Wildman–Crippen MR) is 63.9 cm³/mol. The van der Waals surface area contributed by atoms with Gasteiger partial charge in [-0.1, -0.05) is 6.07 Å². The first kappa shape index (κ1) is 11.7. The fourth-order valence-corrected chi connectivity index (χ4v) is 2.25. The molecule has 1 saturated heterocycles. The number of halogens is 1. The van der Waals surface area contributed by atoms with E-state index in [1.54, 1.807) is 6.07 Å². The van der Waals surface area contributed by atoms with Crippen LogP contribution in [0.2, 0.25) is 0 Å². The Morgan fingerprint density at radius 3 is 2.69 bits per heavy atom. The molecule has 16 heavy (non-hydrogen) atoms. The summed E-state index contributed by atoms with van der Waals surface area (Å²) in [6.07, 6.45) is 0.512. The Kier molecular flexibility index (Phi) is 3.10. The van der Waals surface area contributed by atoms with Crippen LogP contribution in [-0.2, 0) is 6.42 Å². The van der Waals surface area contributed by atoms with Crippen LogP contribution in [0.25, 0.3) is 0 Å². The van der Waals surface area contributed by atoms with E-state index in [-0.39, 0.29) is 5.75 Å². The summed E-state index contributed by atoms with van der Waals surface area (Å²) in [4.78, 5) is 0. The molecule has 3 N–H and O–H groups in total. The predicted octanol–water partition coefficient (Wildman–Crippen LogP) is 1.04. The van der Waals surface area contributed by atoms with E-state index in [1.807, 2.05) is 6.07 Å². The molecule has 0 amide bonds. The summed E-state index contributed by atoms with van der Waals surface area (Å²) in [6.45, 7) is 1.18. The van der Waals surface area contributed by atoms with Crippen molar-refractivity contribution in [2.75, 3.05) is 20.2 Å². The van der Waals surface area contributed by atoms with Crippen molar-refractivity contribution in [3.8, 4) is 11.5 Å². The Morgan fingerprint density at radius 1 is 1.50 bits per heavy atom. The standard InChI is InChI=1S/C11H14BrNO3/c1-16-8-3-2-7(9(12)10(8)14)4-11(15)5-13-6-11/h2-3,13-15H,4-6H2,1H3. The zero-order chi connectivity index (χ0) is 11.8. The monoisotopic (exact) mass is 287 g/mol. The van der Waals surface area contributed by atoms with Crippen LogP contribution in [0.15, 0.2) is 16.6 Å². The number of nitrogens with one attached hydrogen (secondary N) is 1. The fourth-order valence-electron chi connectivity index (χ4n) is 1.78. The highest BCUT2D eigenvalue weighted by atomic mass is 79.9. The first-order chi connectivity index (χ1) is 7.56. The molecule has 0 saturated carbocycles. The molecule has 1 fully saturated rings. The van der Waals surface area contributed by atoms with E-state index in [4.69, 9.17) is 4.74 Å². The first-order valence-corrected chi connectivity index (χ1v) is 5.82. The van der Waals surface area contributed by atoms with Gasteiger partial charge in [-0.3, -0.25) is 0 Å². The number of benzene rings is 1. The van der Waals surface area contributed by atoms with Crippen LogP contribution in [0, 0.1) is 0 Å². The van der Waals surface area contributed by atoms with Crippen LogP contribution >= 0.6 is 15.9 Å². The summed E-state index contributed by atoms with van der Waals surface area (Å²) >= 11 is 3.32. The molecular weight excluding hydrogens is 274 g/mol. The lowest BCUT2D eigenvalue weighted by molar-refractivity contribution is -0.00919. The summed E-state index contributed by atoms with van der Waals surface area (Å²) in [5, 5.41) is 22.8. The van der Waals surface area contributed by atoms with Crippen molar-refractivity contribution in [2.45, 2.75) is 12.0 Å². The summed E-state index contributed by atoms with van der Waals surface area (Å²) < 4.78 is 5.59. The number of phenolic OH excluding ortho intramolecular Hbond substituents is 1. The van der Waals surface area contributed by atoms with E-state index in [9.17, 15) is 10.2 Å². The Hall–Kier alpha value is -0.780. The molecule has 1 heterocycles. The second-order valence-electron chi connectivity index (χ2n) is 4.09. The highest BCUT2D eigenvalue weighted by Crippen LogP contribution is 2.38. The third-order valence-corrected chi connectivity index (χ3v) is 3.69. The lowest BCUT2D eigenvalue weighted by atomic mass is 9.89. The van der Waals surface area contributed by atoms with Gasteiger partial charge in [-0.2, -0.15) is 0 Å². The number of ether oxygens (including phenoxy) is 1. The van der Waals surface area contributed by atoms with Gasteiger partial charge >= 0.3 is 0 Å². The summed E-state index contributed by atoms with van der Waals surface area (Å²) in [5.74, 6) is 0.505. The molecule has 0 spiro atoms. The van der Waals surface area contributed by atoms with Crippen molar-refractivity contribution >= 4 is 15.9 Å². The number of aromatic hydroxyl groups is 1. The van der Waals surface area contributed by atoms with E-state index in [0.29, 0.717) is 29.7 Å². The highest BCUT2D eigenvalue weighted by Gasteiger charge is 2.35. The average molecular weight is 288 g/mol. The molecule has 1 aromatic carbocycles. The number of rotatable bonds is 3. The molecule has 2 rings (SSSR count). The summed E-state index contributed by atoms with van der Waals surface area (Å²) in [6, 6.07) is 3.55. The van der Waals surface area contributed by atoms with Gasteiger partial charge in [0.2, 0.25) is 0 Å². The average Bonchev–Trinajstić information content (AvgIpc) is 2.23. The van der Waals surface area contributed by atoms with Crippen LogP contribution < -0.4 is 10.1 Å². The van der Waals surface area contributed by atoms with Gasteiger partial charge in [0.05, 0.1) is 17.2 Å². The van der Waals surface area contributed by atoms with Gasteiger partial charge in [-0.15, -0.1) is 0 Å². The second kappa shape index (κ2) is 4.24. The van der Waals surface area contributed by atoms with Crippen molar-refractivity contribution in [1.82, 2.24) is 5.32 Å². The molecule has 5 heteroatoms. The van der Waals surface area contributed by atoms with Gasteiger partial charge in [-0.05, 0) is 27.6 Å². The summed E-state index contributed by atoms with van der Waals surface area (Å²) in [7, 11) is 1.50. The zero-order valence-electron chi connectivity index (χ0n) is 8.96. The smallest absolute Gasteiger partial charge is 0.172 e. The maximum atomic E-state index is 10.0. The summed E-state index contributed by atoms with van der Waals surface area (Å²) in [5.41, 5.74) is 0.186. The normalized spacial score (nSPS) is 17.9. The molecule has 0 radical (unpaired) electrons. The van der Waals surface area contributed by atoms with Crippen molar-refractivity contribution in [2.24, 2.45) is 0 Å². The van der Waals surface area contributed by atoms with Crippen LogP contribution in [0.5, 0.6) is 11.5 Å². The highest BCUT2D eigenvalue weighted by molar-refractivity contribution is 9.10. The maximum Gasteiger partial charge on any atom is 0.172 e. The molecule has 0 aliphatic carbocycles. The van der Waals surface area contributed by atoms with Crippen molar-refractivity contribution in [1.29, 1.82) is 0 Å². The minimum Gasteiger partial charge on any atom is -0.503 e. The Labute approximate surface area is 102 Å². The minimum atomic E-state index is -0.691. The topological polar surface area (TPSA) is 61.7 Å². The number of hydrogen-bond donors (Lipinski definition) is 3. The number of phenols is 1. The van der Waals surface area contributed by atoms with Gasteiger partial charge in [-0.25, -0.2) is 0 Å². The first-order valence-electron chi connectivity index (χ1n) is 5.03. The molecule has 88 valence electrons. The van der Waals surface area contributed by atoms with Gasteiger partial charge in [0.1, 0.15) is 0 Å². The third kappa shape index (κ3) is 2.03. The lowest BCUT2D eigenvalue weighted by Crippen LogP contribution is -2.60. The Morgan fingerprint density at radius 2 is 2.19 bits per heavy atom. The minimum absolute atomic E-state index is 0.0795. The van der Waals surface area contributed by atoms with Gasteiger partial charge in [0.15, 0.2) is 11.5 Å². The van der Waals surface area contributed by atoms with Gasteiger partial charge in [0, 0.05) is 19.5 Å². The number of aliphatic hydroxyl groups is 1. The van der Waals surface area contributed by atoms with E-state index in [1.165, 1.54) is 7.11 Å². The largest absolute Gasteiger partial charge is 0.503 e. The van der Waals surface area contributed by atoms with Crippen LogP contribution in [0.1, 0.15) is 5.56 Å². The molecule has 4 nitrogen and oxygen atoms in total. The van der Waals surface area contributed by atoms with E-state index in [2.05, 4.69) is 21.2 Å². The van der Waals surface area contributed by atoms with Crippen LogP contribution in [0.4, 0.5) is 0 Å². The maximum absolute atomic E-state index is 10.0. The van der Waals surface area contributed by atoms with Gasteiger partial charge in [0.25, 0.3) is 0 Å². The number of hydrogen-bond acceptors (Lipinski definition) is 4. The van der Waals surface area contributed by atoms with Crippen molar-refractivity contribution in [3.05, 3.63) is 22.2 Å². The van der Waals surface area contributed by atoms with E-state index in [0.717, 1.165) is 5.56 Å². The molecular formula is C11H14BrNO3. The quantitative estimate of drug-likeness (QED) is 0.778. The molecule has 1 aliphatic heterocycles. The zero-order valence-corrected chi connectivity index (χ0v) is 10.5. The SMILES string of the molecule is COc1ccc(CC2(O)CNC2)c(Br)c1O. The van der Waals surface area contributed by atoms with Crippen LogP contribution in [-0.4, -0.2) is 36.0 Å². The molecule has 0 bridgehead atoms. The van der Waals surface area contributed by atoms with E-state index >= 15 is 0 Å². The Balaban J connectivity index is 2.25. The lowest BCUT2D eigenvalue weighted by Gasteiger charge is -2.38. The molecule has 1 aromatic rings. The third-order valence-electron chi connectivity index (χ3n) is 2.81. The second-order valence-corrected chi connectivity index (χ2v) is 4.89. The fraction of sp³-hybridized carbons (Fsp3) is 0.455.